The van der Waals surface area contributed by atoms with Crippen LogP contribution in [0.5, 0.6) is 5.75 Å². The molecule has 0 spiro atoms. The van der Waals surface area contributed by atoms with Crippen LogP contribution in [0, 0.1) is 0 Å². The number of ether oxygens (including phenoxy) is 1. The molecule has 0 fully saturated rings. The monoisotopic (exact) mass is 531 g/mol. The van der Waals surface area contributed by atoms with Gasteiger partial charge in [0.15, 0.2) is 5.13 Å². The average molecular weight is 532 g/mol. The fourth-order valence-corrected chi connectivity index (χ4v) is 4.66. The highest BCUT2D eigenvalue weighted by Crippen LogP contribution is 2.28. The molecule has 4 rings (SSSR count). The topological polar surface area (TPSA) is 117 Å². The molecule has 0 saturated carbocycles. The molecule has 0 bridgehead atoms. The lowest BCUT2D eigenvalue weighted by molar-refractivity contribution is -0.113. The van der Waals surface area contributed by atoms with Crippen LogP contribution in [-0.4, -0.2) is 44.6 Å². The van der Waals surface area contributed by atoms with Gasteiger partial charge in [-0.25, -0.2) is 15.5 Å². The van der Waals surface area contributed by atoms with Crippen molar-refractivity contribution in [3.8, 4) is 5.75 Å². The van der Waals surface area contributed by atoms with Gasteiger partial charge >= 0.3 is 0 Å². The van der Waals surface area contributed by atoms with Crippen LogP contribution in [0.2, 0.25) is 0 Å². The molecule has 2 aromatic heterocycles. The van der Waals surface area contributed by atoms with E-state index in [0.717, 1.165) is 31.7 Å². The summed E-state index contributed by atoms with van der Waals surface area (Å²) < 4.78 is 7.13. The van der Waals surface area contributed by atoms with Crippen molar-refractivity contribution >= 4 is 71.9 Å². The van der Waals surface area contributed by atoms with Crippen LogP contribution < -0.4 is 15.5 Å². The minimum absolute atomic E-state index is 0.158. The fourth-order valence-electron chi connectivity index (χ4n) is 2.63. The number of halogens is 1. The highest BCUT2D eigenvalue weighted by Gasteiger charge is 2.11. The van der Waals surface area contributed by atoms with E-state index < -0.39 is 0 Å². The molecule has 4 aromatic rings. The van der Waals surface area contributed by atoms with Crippen molar-refractivity contribution in [2.45, 2.75) is 12.1 Å². The lowest BCUT2D eigenvalue weighted by Gasteiger charge is -2.03. The number of carbonyl (C=O) groups excluding carboxylic acids is 1. The van der Waals surface area contributed by atoms with Crippen molar-refractivity contribution in [2.75, 3.05) is 23.6 Å². The summed E-state index contributed by atoms with van der Waals surface area (Å²) in [5, 5.41) is 15.0. The number of hydrazone groups is 1. The van der Waals surface area contributed by atoms with Crippen molar-refractivity contribution in [3.63, 3.8) is 0 Å². The van der Waals surface area contributed by atoms with E-state index in [4.69, 9.17) is 4.74 Å². The molecule has 0 unspecified atom stereocenters. The van der Waals surface area contributed by atoms with Gasteiger partial charge in [-0.05, 0) is 55.0 Å². The van der Waals surface area contributed by atoms with Crippen LogP contribution in [0.1, 0.15) is 12.5 Å². The molecule has 0 aliphatic carbocycles. The summed E-state index contributed by atoms with van der Waals surface area (Å²) in [5.41, 5.74) is 5.41. The highest BCUT2D eigenvalue weighted by atomic mass is 79.9. The predicted octanol–water partition coefficient (Wildman–Crippen LogP) is 4.75. The highest BCUT2D eigenvalue weighted by molar-refractivity contribution is 9.10. The van der Waals surface area contributed by atoms with Gasteiger partial charge in [0.05, 0.1) is 28.8 Å². The molecular formula is C20H18BrN7O2S2. The molecule has 0 aliphatic heterocycles. The second-order valence-corrected chi connectivity index (χ2v) is 9.36. The molecule has 12 heteroatoms. The number of aromatic nitrogens is 4. The summed E-state index contributed by atoms with van der Waals surface area (Å²) in [6, 6.07) is 13.4. The lowest BCUT2D eigenvalue weighted by atomic mass is 10.1. The fraction of sp³-hybridized carbons (Fsp3) is 0.150. The Morgan fingerprint density at radius 2 is 2.06 bits per heavy atom. The van der Waals surface area contributed by atoms with Crippen molar-refractivity contribution < 1.29 is 9.53 Å². The zero-order valence-electron chi connectivity index (χ0n) is 17.0. The molecule has 2 aromatic carbocycles. The Morgan fingerprint density at radius 3 is 2.84 bits per heavy atom. The van der Waals surface area contributed by atoms with E-state index >= 15 is 0 Å². The quantitative estimate of drug-likeness (QED) is 0.170. The third kappa shape index (κ3) is 5.64. The van der Waals surface area contributed by atoms with Gasteiger partial charge in [0.2, 0.25) is 17.0 Å². The first-order chi connectivity index (χ1) is 15.5. The average Bonchev–Trinajstić information content (AvgIpc) is 3.42. The molecule has 2 heterocycles. The van der Waals surface area contributed by atoms with Crippen molar-refractivity contribution in [1.29, 1.82) is 0 Å². The molecule has 1 amide bonds. The van der Waals surface area contributed by atoms with Gasteiger partial charge in [0.1, 0.15) is 5.75 Å². The first-order valence-electron chi connectivity index (χ1n) is 9.36. The third-order valence-corrected chi connectivity index (χ3v) is 6.51. The Bertz CT molecular complexity index is 1270. The van der Waals surface area contributed by atoms with Gasteiger partial charge in [-0.3, -0.25) is 4.79 Å². The Kier molecular flexibility index (Phi) is 7.02. The van der Waals surface area contributed by atoms with E-state index in [0.29, 0.717) is 16.2 Å². The number of nitrogens with one attached hydrogen (secondary N) is 3. The SMILES string of the molecule is COc1ccc(/C(C)=N/Nc2nc(SCC(=O)Nc3nc4ccc(Br)cc4s3)n[nH]2)cc1. The van der Waals surface area contributed by atoms with Crippen LogP contribution in [0.25, 0.3) is 10.2 Å². The number of H-pyrrole nitrogens is 1. The van der Waals surface area contributed by atoms with E-state index in [-0.39, 0.29) is 11.7 Å². The Hall–Kier alpha value is -2.96. The first kappa shape index (κ1) is 22.2. The molecule has 164 valence electrons. The van der Waals surface area contributed by atoms with E-state index in [2.05, 4.69) is 51.9 Å². The van der Waals surface area contributed by atoms with E-state index in [1.807, 2.05) is 49.4 Å². The summed E-state index contributed by atoms with van der Waals surface area (Å²) in [4.78, 5) is 21.0. The molecule has 0 radical (unpaired) electrons. The maximum absolute atomic E-state index is 12.3. The van der Waals surface area contributed by atoms with Crippen LogP contribution in [0.3, 0.4) is 0 Å². The van der Waals surface area contributed by atoms with Crippen molar-refractivity contribution in [1.82, 2.24) is 20.2 Å². The van der Waals surface area contributed by atoms with Gasteiger partial charge in [-0.1, -0.05) is 39.0 Å². The standard InChI is InChI=1S/C20H18BrN7O2S2/c1-11(12-3-6-14(30-2)7-4-12)25-26-18-24-20(28-27-18)31-10-17(29)23-19-22-15-8-5-13(21)9-16(15)32-19/h3-9H,10H2,1-2H3,(H,22,23,29)(H2,24,26,27,28)/b25-11+. The third-order valence-electron chi connectivity index (χ3n) is 4.23. The number of hydrogen-bond acceptors (Lipinski definition) is 9. The van der Waals surface area contributed by atoms with Crippen LogP contribution in [0.4, 0.5) is 11.1 Å². The number of methoxy groups -OCH3 is 1. The van der Waals surface area contributed by atoms with Crippen LogP contribution in [0.15, 0.2) is 57.2 Å². The molecule has 0 saturated heterocycles. The number of hydrogen-bond donors (Lipinski definition) is 3. The number of anilines is 2. The minimum Gasteiger partial charge on any atom is -0.497 e. The van der Waals surface area contributed by atoms with E-state index in [1.54, 1.807) is 7.11 Å². The first-order valence-corrected chi connectivity index (χ1v) is 12.0. The van der Waals surface area contributed by atoms with Crippen LogP contribution >= 0.6 is 39.0 Å². The lowest BCUT2D eigenvalue weighted by Crippen LogP contribution is -2.13. The van der Waals surface area contributed by atoms with E-state index in [9.17, 15) is 4.79 Å². The number of aromatic amines is 1. The zero-order valence-corrected chi connectivity index (χ0v) is 20.3. The maximum Gasteiger partial charge on any atom is 0.240 e. The predicted molar refractivity (Wildman–Crippen MR) is 132 cm³/mol. The normalized spacial score (nSPS) is 11.5. The molecule has 9 nitrogen and oxygen atoms in total. The van der Waals surface area contributed by atoms with Gasteiger partial charge < -0.3 is 10.1 Å². The second-order valence-electron chi connectivity index (χ2n) is 6.47. The Morgan fingerprint density at radius 1 is 1.25 bits per heavy atom. The summed E-state index contributed by atoms with van der Waals surface area (Å²) >= 11 is 6.07. The van der Waals surface area contributed by atoms with Crippen molar-refractivity contribution in [3.05, 3.63) is 52.5 Å². The number of rotatable bonds is 8. The number of fused-ring (bicyclic) bond motifs is 1. The van der Waals surface area contributed by atoms with Gasteiger partial charge in [0.25, 0.3) is 0 Å². The summed E-state index contributed by atoms with van der Waals surface area (Å²) in [6.07, 6.45) is 0. The molecule has 0 atom stereocenters. The number of amides is 1. The molecule has 3 N–H and O–H groups in total. The number of thiazole rings is 1. The summed E-state index contributed by atoms with van der Waals surface area (Å²) in [6.45, 7) is 1.88. The minimum atomic E-state index is -0.180. The largest absolute Gasteiger partial charge is 0.497 e. The Balaban J connectivity index is 1.29. The van der Waals surface area contributed by atoms with Gasteiger partial charge in [-0.15, -0.1) is 5.10 Å². The molecule has 0 aliphatic rings. The van der Waals surface area contributed by atoms with Crippen LogP contribution in [-0.2, 0) is 4.79 Å². The summed E-state index contributed by atoms with van der Waals surface area (Å²) in [7, 11) is 1.63. The summed E-state index contributed by atoms with van der Waals surface area (Å²) in [5.74, 6) is 1.15. The number of thioether (sulfide) groups is 1. The number of benzene rings is 2. The molecular weight excluding hydrogens is 514 g/mol. The second kappa shape index (κ2) is 10.1. The van der Waals surface area contributed by atoms with Crippen molar-refractivity contribution in [2.24, 2.45) is 5.10 Å². The van der Waals surface area contributed by atoms with E-state index in [1.165, 1.54) is 23.1 Å². The number of nitrogens with zero attached hydrogens (tertiary/aromatic N) is 4. The Labute approximate surface area is 200 Å². The molecule has 32 heavy (non-hydrogen) atoms. The maximum atomic E-state index is 12.3. The zero-order chi connectivity index (χ0) is 22.5. The van der Waals surface area contributed by atoms with Gasteiger partial charge in [0, 0.05) is 4.47 Å². The smallest absolute Gasteiger partial charge is 0.240 e. The number of carbonyl (C=O) groups is 1. The van der Waals surface area contributed by atoms with Gasteiger partial charge in [-0.2, -0.15) is 10.1 Å².